The highest BCUT2D eigenvalue weighted by molar-refractivity contribution is 5.77. The Labute approximate surface area is 162 Å². The Balaban J connectivity index is 1.53. The van der Waals surface area contributed by atoms with Gasteiger partial charge in [0.1, 0.15) is 0 Å². The number of morpholine rings is 1. The second kappa shape index (κ2) is 8.27. The van der Waals surface area contributed by atoms with Gasteiger partial charge in [-0.25, -0.2) is 0 Å². The minimum atomic E-state index is 0.102. The van der Waals surface area contributed by atoms with Crippen LogP contribution < -0.4 is 5.32 Å². The van der Waals surface area contributed by atoms with Gasteiger partial charge >= 0.3 is 0 Å². The molecule has 0 saturated carbocycles. The molecule has 0 spiro atoms. The third kappa shape index (κ3) is 4.19. The van der Waals surface area contributed by atoms with Gasteiger partial charge < -0.3 is 15.0 Å². The molecule has 6 heteroatoms. The summed E-state index contributed by atoms with van der Waals surface area (Å²) in [4.78, 5) is 20.0. The number of rotatable bonds is 3. The van der Waals surface area contributed by atoms with E-state index in [1.54, 1.807) is 0 Å². The topological polar surface area (TPSA) is 48.1 Å². The third-order valence-corrected chi connectivity index (χ3v) is 6.34. The Bertz CT molecular complexity index is 640. The first-order valence-electron chi connectivity index (χ1n) is 10.2. The zero-order chi connectivity index (χ0) is 18.8. The molecule has 3 aliphatic heterocycles. The molecule has 0 aliphatic carbocycles. The molecule has 1 aromatic rings. The molecule has 1 N–H and O–H groups in total. The van der Waals surface area contributed by atoms with E-state index in [4.69, 9.17) is 4.74 Å². The number of benzene rings is 1. The molecule has 3 saturated heterocycles. The van der Waals surface area contributed by atoms with Crippen LogP contribution in [0.4, 0.5) is 0 Å². The predicted molar refractivity (Wildman–Crippen MR) is 105 cm³/mol. The molecule has 6 nitrogen and oxygen atoms in total. The quantitative estimate of drug-likeness (QED) is 0.867. The van der Waals surface area contributed by atoms with Gasteiger partial charge in [0, 0.05) is 50.7 Å². The summed E-state index contributed by atoms with van der Waals surface area (Å²) in [5.41, 5.74) is 1.33. The summed E-state index contributed by atoms with van der Waals surface area (Å²) >= 11 is 0. The number of nitrogens with zero attached hydrogens (tertiary/aromatic N) is 3. The summed E-state index contributed by atoms with van der Waals surface area (Å²) in [5, 5.41) is 3.30. The number of nitrogens with one attached hydrogen (secondary N) is 1. The Kier molecular flexibility index (Phi) is 5.78. The number of piperazine rings is 1. The smallest absolute Gasteiger partial charge is 0.222 e. The SMILES string of the molecule is C[C@@H]1COCCN1C1CC(=O)NC(N2CCN(C)CC2c2ccccc2)C1. The molecule has 1 amide bonds. The summed E-state index contributed by atoms with van der Waals surface area (Å²) in [6.45, 7) is 7.69. The van der Waals surface area contributed by atoms with Crippen molar-refractivity contribution in [2.24, 2.45) is 0 Å². The number of hydrogen-bond acceptors (Lipinski definition) is 5. The summed E-state index contributed by atoms with van der Waals surface area (Å²) in [6.07, 6.45) is 1.69. The van der Waals surface area contributed by atoms with E-state index in [1.165, 1.54) is 5.56 Å². The zero-order valence-electron chi connectivity index (χ0n) is 16.5. The van der Waals surface area contributed by atoms with Crippen LogP contribution in [0.1, 0.15) is 31.4 Å². The molecule has 3 heterocycles. The van der Waals surface area contributed by atoms with Gasteiger partial charge in [-0.05, 0) is 26.0 Å². The molecule has 4 rings (SSSR count). The van der Waals surface area contributed by atoms with Gasteiger partial charge in [0.15, 0.2) is 0 Å². The van der Waals surface area contributed by atoms with E-state index in [0.29, 0.717) is 24.5 Å². The van der Waals surface area contributed by atoms with Crippen LogP contribution in [0.5, 0.6) is 0 Å². The zero-order valence-corrected chi connectivity index (χ0v) is 16.5. The molecule has 4 atom stereocenters. The number of ether oxygens (including phenoxy) is 1. The molecule has 148 valence electrons. The molecule has 3 unspecified atom stereocenters. The fourth-order valence-corrected chi connectivity index (χ4v) is 4.89. The first-order chi connectivity index (χ1) is 13.1. The van der Waals surface area contributed by atoms with Crippen molar-refractivity contribution < 1.29 is 9.53 Å². The van der Waals surface area contributed by atoms with Gasteiger partial charge in [0.05, 0.1) is 19.4 Å². The van der Waals surface area contributed by atoms with E-state index in [9.17, 15) is 4.79 Å². The van der Waals surface area contributed by atoms with Crippen LogP contribution in [-0.4, -0.2) is 85.3 Å². The van der Waals surface area contributed by atoms with Crippen LogP contribution in [0.3, 0.4) is 0 Å². The molecule has 27 heavy (non-hydrogen) atoms. The van der Waals surface area contributed by atoms with Gasteiger partial charge in [-0.2, -0.15) is 0 Å². The van der Waals surface area contributed by atoms with E-state index in [0.717, 1.165) is 45.8 Å². The maximum atomic E-state index is 12.6. The van der Waals surface area contributed by atoms with Crippen LogP contribution in [0.15, 0.2) is 30.3 Å². The van der Waals surface area contributed by atoms with Gasteiger partial charge in [0.25, 0.3) is 0 Å². The molecule has 0 bridgehead atoms. The van der Waals surface area contributed by atoms with Crippen molar-refractivity contribution in [2.75, 3.05) is 46.4 Å². The standard InChI is InChI=1S/C21H32N4O2/c1-16-15-27-11-10-24(16)18-12-20(22-21(26)13-18)25-9-8-23(2)14-19(25)17-6-4-3-5-7-17/h3-7,16,18-20H,8-15H2,1-2H3,(H,22,26)/t16-,18?,19?,20?/m1/s1. The lowest BCUT2D eigenvalue weighted by atomic mass is 9.95. The lowest BCUT2D eigenvalue weighted by Crippen LogP contribution is -2.62. The summed E-state index contributed by atoms with van der Waals surface area (Å²) in [7, 11) is 2.19. The Morgan fingerprint density at radius 3 is 2.70 bits per heavy atom. The van der Waals surface area contributed by atoms with Gasteiger partial charge in [-0.1, -0.05) is 30.3 Å². The normalized spacial score (nSPS) is 34.4. The highest BCUT2D eigenvalue weighted by Crippen LogP contribution is 2.30. The molecule has 3 aliphatic rings. The fourth-order valence-electron chi connectivity index (χ4n) is 4.89. The molecular formula is C21H32N4O2. The van der Waals surface area contributed by atoms with Crippen molar-refractivity contribution in [1.29, 1.82) is 0 Å². The number of carbonyl (C=O) groups is 1. The number of piperidine rings is 1. The van der Waals surface area contributed by atoms with E-state index in [-0.39, 0.29) is 12.1 Å². The number of carbonyl (C=O) groups excluding carboxylic acids is 1. The van der Waals surface area contributed by atoms with Crippen molar-refractivity contribution in [3.8, 4) is 0 Å². The van der Waals surface area contributed by atoms with Crippen molar-refractivity contribution in [3.63, 3.8) is 0 Å². The van der Waals surface area contributed by atoms with Gasteiger partial charge in [-0.3, -0.25) is 14.6 Å². The van der Waals surface area contributed by atoms with Gasteiger partial charge in [-0.15, -0.1) is 0 Å². The van der Waals surface area contributed by atoms with Gasteiger partial charge in [0.2, 0.25) is 5.91 Å². The molecule has 1 aromatic carbocycles. The first kappa shape index (κ1) is 18.9. The van der Waals surface area contributed by atoms with Crippen molar-refractivity contribution in [1.82, 2.24) is 20.0 Å². The second-order valence-electron chi connectivity index (χ2n) is 8.27. The fraction of sp³-hybridized carbons (Fsp3) is 0.667. The number of amides is 1. The second-order valence-corrected chi connectivity index (χ2v) is 8.27. The van der Waals surface area contributed by atoms with E-state index >= 15 is 0 Å². The average Bonchev–Trinajstić information content (AvgIpc) is 2.68. The monoisotopic (exact) mass is 372 g/mol. The lowest BCUT2D eigenvalue weighted by Gasteiger charge is -2.49. The number of likely N-dealkylation sites (N-methyl/N-ethyl adjacent to an activating group) is 1. The Hall–Kier alpha value is -1.47. The van der Waals surface area contributed by atoms with Crippen molar-refractivity contribution >= 4 is 5.91 Å². The average molecular weight is 373 g/mol. The van der Waals surface area contributed by atoms with E-state index in [1.807, 2.05) is 0 Å². The summed E-state index contributed by atoms with van der Waals surface area (Å²) < 4.78 is 5.60. The summed E-state index contributed by atoms with van der Waals surface area (Å²) in [6, 6.07) is 11.7. The van der Waals surface area contributed by atoms with E-state index < -0.39 is 0 Å². The highest BCUT2D eigenvalue weighted by atomic mass is 16.5. The predicted octanol–water partition coefficient (Wildman–Crippen LogP) is 1.30. The molecule has 0 radical (unpaired) electrons. The van der Waals surface area contributed by atoms with Crippen LogP contribution >= 0.6 is 0 Å². The van der Waals surface area contributed by atoms with Crippen LogP contribution in [-0.2, 0) is 9.53 Å². The van der Waals surface area contributed by atoms with Crippen LogP contribution in [0.2, 0.25) is 0 Å². The molecule has 3 fully saturated rings. The number of hydrogen-bond donors (Lipinski definition) is 1. The first-order valence-corrected chi connectivity index (χ1v) is 10.2. The maximum absolute atomic E-state index is 12.6. The third-order valence-electron chi connectivity index (χ3n) is 6.34. The van der Waals surface area contributed by atoms with Crippen molar-refractivity contribution in [3.05, 3.63) is 35.9 Å². The minimum Gasteiger partial charge on any atom is -0.379 e. The Morgan fingerprint density at radius 2 is 1.93 bits per heavy atom. The molecular weight excluding hydrogens is 340 g/mol. The van der Waals surface area contributed by atoms with Crippen molar-refractivity contribution in [2.45, 2.75) is 44.1 Å². The largest absolute Gasteiger partial charge is 0.379 e. The molecule has 0 aromatic heterocycles. The highest BCUT2D eigenvalue weighted by Gasteiger charge is 2.39. The Morgan fingerprint density at radius 1 is 1.11 bits per heavy atom. The van der Waals surface area contributed by atoms with E-state index in [2.05, 4.69) is 64.3 Å². The summed E-state index contributed by atoms with van der Waals surface area (Å²) in [5.74, 6) is 0.181. The van der Waals surface area contributed by atoms with Crippen LogP contribution in [0.25, 0.3) is 0 Å². The van der Waals surface area contributed by atoms with Crippen LogP contribution in [0, 0.1) is 0 Å². The lowest BCUT2D eigenvalue weighted by molar-refractivity contribution is -0.131. The maximum Gasteiger partial charge on any atom is 0.222 e. The minimum absolute atomic E-state index is 0.102.